The molecular formula is C11H14BrClN2O2S. The van der Waals surface area contributed by atoms with Gasteiger partial charge in [-0.25, -0.2) is 13.1 Å². The zero-order valence-electron chi connectivity index (χ0n) is 9.62. The minimum atomic E-state index is -3.53. The molecule has 2 N–H and O–H groups in total. The molecule has 1 atom stereocenters. The van der Waals surface area contributed by atoms with Crippen LogP contribution in [-0.2, 0) is 10.0 Å². The van der Waals surface area contributed by atoms with Gasteiger partial charge < -0.3 is 5.32 Å². The lowest BCUT2D eigenvalue weighted by Gasteiger charge is -2.11. The van der Waals surface area contributed by atoms with E-state index >= 15 is 0 Å². The van der Waals surface area contributed by atoms with Gasteiger partial charge in [0.15, 0.2) is 0 Å². The number of rotatable bonds is 4. The van der Waals surface area contributed by atoms with Gasteiger partial charge in [-0.3, -0.25) is 0 Å². The normalized spacial score (nSPS) is 20.2. The van der Waals surface area contributed by atoms with E-state index in [1.54, 1.807) is 12.1 Å². The first-order valence-corrected chi connectivity index (χ1v) is 8.30. The van der Waals surface area contributed by atoms with Gasteiger partial charge in [-0.05, 0) is 43.6 Å². The van der Waals surface area contributed by atoms with Gasteiger partial charge in [-0.2, -0.15) is 0 Å². The Labute approximate surface area is 120 Å². The third-order valence-electron chi connectivity index (χ3n) is 2.91. The van der Waals surface area contributed by atoms with Crippen LogP contribution in [0.4, 0.5) is 0 Å². The molecule has 1 aliphatic heterocycles. The maximum absolute atomic E-state index is 12.1. The van der Waals surface area contributed by atoms with Crippen LogP contribution in [-0.4, -0.2) is 28.1 Å². The zero-order chi connectivity index (χ0) is 13.2. The summed E-state index contributed by atoms with van der Waals surface area (Å²) in [5, 5.41) is 3.42. The summed E-state index contributed by atoms with van der Waals surface area (Å²) in [6.45, 7) is 2.25. The fraction of sp³-hybridized carbons (Fsp3) is 0.455. The van der Waals surface area contributed by atoms with Gasteiger partial charge in [0.1, 0.15) is 4.90 Å². The fourth-order valence-corrected chi connectivity index (χ4v) is 4.04. The monoisotopic (exact) mass is 352 g/mol. The topological polar surface area (TPSA) is 58.2 Å². The Morgan fingerprint density at radius 1 is 1.50 bits per heavy atom. The maximum atomic E-state index is 12.1. The van der Waals surface area contributed by atoms with E-state index in [4.69, 9.17) is 11.6 Å². The molecule has 0 radical (unpaired) electrons. The van der Waals surface area contributed by atoms with E-state index in [1.165, 1.54) is 6.07 Å². The van der Waals surface area contributed by atoms with Crippen molar-refractivity contribution in [1.29, 1.82) is 0 Å². The van der Waals surface area contributed by atoms with Crippen LogP contribution in [0.15, 0.2) is 27.6 Å². The van der Waals surface area contributed by atoms with E-state index < -0.39 is 10.0 Å². The van der Waals surface area contributed by atoms with Gasteiger partial charge in [-0.1, -0.05) is 27.5 Å². The molecule has 1 saturated heterocycles. The quantitative estimate of drug-likeness (QED) is 0.870. The number of hydrogen-bond acceptors (Lipinski definition) is 3. The number of hydrogen-bond donors (Lipinski definition) is 2. The van der Waals surface area contributed by atoms with Crippen molar-refractivity contribution in [3.8, 4) is 0 Å². The SMILES string of the molecule is O=S(=O)(NCC1CCNC1)c1ccc(Br)cc1Cl. The highest BCUT2D eigenvalue weighted by molar-refractivity contribution is 9.10. The summed E-state index contributed by atoms with van der Waals surface area (Å²) in [5.41, 5.74) is 0. The summed E-state index contributed by atoms with van der Waals surface area (Å²) in [6, 6.07) is 4.74. The molecule has 0 aliphatic carbocycles. The molecular weight excluding hydrogens is 340 g/mol. The molecule has 0 spiro atoms. The van der Waals surface area contributed by atoms with Gasteiger partial charge in [-0.15, -0.1) is 0 Å². The molecule has 7 heteroatoms. The Kier molecular flexibility index (Phi) is 4.66. The summed E-state index contributed by atoms with van der Waals surface area (Å²) in [4.78, 5) is 0.123. The van der Waals surface area contributed by atoms with Crippen LogP contribution in [0.25, 0.3) is 0 Å². The number of benzene rings is 1. The summed E-state index contributed by atoms with van der Waals surface area (Å²) >= 11 is 9.20. The van der Waals surface area contributed by atoms with Gasteiger partial charge in [0, 0.05) is 11.0 Å². The molecule has 0 bridgehead atoms. The molecule has 1 aliphatic rings. The Morgan fingerprint density at radius 3 is 2.89 bits per heavy atom. The summed E-state index contributed by atoms with van der Waals surface area (Å²) < 4.78 is 27.5. The molecule has 18 heavy (non-hydrogen) atoms. The van der Waals surface area contributed by atoms with Crippen LogP contribution in [0, 0.1) is 5.92 Å². The highest BCUT2D eigenvalue weighted by Crippen LogP contribution is 2.25. The van der Waals surface area contributed by atoms with Crippen LogP contribution in [0.5, 0.6) is 0 Å². The van der Waals surface area contributed by atoms with E-state index in [2.05, 4.69) is 26.0 Å². The van der Waals surface area contributed by atoms with Crippen molar-refractivity contribution in [1.82, 2.24) is 10.0 Å². The van der Waals surface area contributed by atoms with Crippen molar-refractivity contribution in [3.63, 3.8) is 0 Å². The van der Waals surface area contributed by atoms with Crippen LogP contribution in [0.1, 0.15) is 6.42 Å². The molecule has 1 fully saturated rings. The standard InChI is InChI=1S/C11H14BrClN2O2S/c12-9-1-2-11(10(13)5-9)18(16,17)15-7-8-3-4-14-6-8/h1-2,5,8,14-15H,3-4,6-7H2. The molecule has 100 valence electrons. The van der Waals surface area contributed by atoms with Gasteiger partial charge in [0.2, 0.25) is 10.0 Å². The van der Waals surface area contributed by atoms with Crippen molar-refractivity contribution in [3.05, 3.63) is 27.7 Å². The largest absolute Gasteiger partial charge is 0.316 e. The summed E-state index contributed by atoms with van der Waals surface area (Å²) in [7, 11) is -3.53. The van der Waals surface area contributed by atoms with E-state index in [0.717, 1.165) is 24.0 Å². The van der Waals surface area contributed by atoms with Crippen molar-refractivity contribution >= 4 is 37.6 Å². The minimum absolute atomic E-state index is 0.123. The Bertz CT molecular complexity index is 530. The summed E-state index contributed by atoms with van der Waals surface area (Å²) in [5.74, 6) is 0.356. The van der Waals surface area contributed by atoms with Crippen molar-refractivity contribution in [2.45, 2.75) is 11.3 Å². The fourth-order valence-electron chi connectivity index (χ4n) is 1.89. The third-order valence-corrected chi connectivity index (χ3v) is 5.31. The highest BCUT2D eigenvalue weighted by atomic mass is 79.9. The maximum Gasteiger partial charge on any atom is 0.242 e. The van der Waals surface area contributed by atoms with Crippen molar-refractivity contribution < 1.29 is 8.42 Å². The molecule has 1 heterocycles. The van der Waals surface area contributed by atoms with Gasteiger partial charge >= 0.3 is 0 Å². The average molecular weight is 354 g/mol. The number of halogens is 2. The van der Waals surface area contributed by atoms with E-state index in [1.807, 2.05) is 0 Å². The van der Waals surface area contributed by atoms with Gasteiger partial charge in [0.05, 0.1) is 5.02 Å². The number of nitrogens with one attached hydrogen (secondary N) is 2. The smallest absolute Gasteiger partial charge is 0.242 e. The molecule has 0 amide bonds. The second-order valence-corrected chi connectivity index (χ2v) is 7.34. The second kappa shape index (κ2) is 5.88. The molecule has 0 aromatic heterocycles. The van der Waals surface area contributed by atoms with Crippen LogP contribution in [0.2, 0.25) is 5.02 Å². The Morgan fingerprint density at radius 2 is 2.28 bits per heavy atom. The lowest BCUT2D eigenvalue weighted by molar-refractivity contribution is 0.539. The highest BCUT2D eigenvalue weighted by Gasteiger charge is 2.21. The molecule has 0 saturated carbocycles. The predicted octanol–water partition coefficient (Wildman–Crippen LogP) is 1.99. The van der Waals surface area contributed by atoms with Crippen LogP contribution >= 0.6 is 27.5 Å². The van der Waals surface area contributed by atoms with E-state index in [9.17, 15) is 8.42 Å². The van der Waals surface area contributed by atoms with Gasteiger partial charge in [0.25, 0.3) is 0 Å². The van der Waals surface area contributed by atoms with Crippen LogP contribution < -0.4 is 10.0 Å². The Hall–Kier alpha value is -0.140. The predicted molar refractivity (Wildman–Crippen MR) is 75.3 cm³/mol. The lowest BCUT2D eigenvalue weighted by Crippen LogP contribution is -2.30. The molecule has 4 nitrogen and oxygen atoms in total. The lowest BCUT2D eigenvalue weighted by atomic mass is 10.1. The van der Waals surface area contributed by atoms with E-state index in [-0.39, 0.29) is 9.92 Å². The third kappa shape index (κ3) is 3.45. The minimum Gasteiger partial charge on any atom is -0.316 e. The molecule has 1 aromatic carbocycles. The average Bonchev–Trinajstić information content (AvgIpc) is 2.78. The molecule has 2 rings (SSSR count). The van der Waals surface area contributed by atoms with Crippen molar-refractivity contribution in [2.75, 3.05) is 19.6 Å². The molecule has 1 aromatic rings. The van der Waals surface area contributed by atoms with Crippen molar-refractivity contribution in [2.24, 2.45) is 5.92 Å². The first-order valence-electron chi connectivity index (χ1n) is 5.64. The first kappa shape index (κ1) is 14.3. The van der Waals surface area contributed by atoms with E-state index in [0.29, 0.717) is 12.5 Å². The first-order chi connectivity index (χ1) is 8.49. The number of sulfonamides is 1. The Balaban J connectivity index is 2.09. The van der Waals surface area contributed by atoms with Crippen LogP contribution in [0.3, 0.4) is 0 Å². The summed E-state index contributed by atoms with van der Waals surface area (Å²) in [6.07, 6.45) is 0.997. The second-order valence-electron chi connectivity index (χ2n) is 4.29. The molecule has 1 unspecified atom stereocenters. The zero-order valence-corrected chi connectivity index (χ0v) is 12.8.